The molecular weight excluding hydrogens is 272 g/mol. The fraction of sp³-hybridized carbons (Fsp3) is 0.364. The van der Waals surface area contributed by atoms with Crippen LogP contribution >= 0.6 is 15.9 Å². The monoisotopic (exact) mass is 286 g/mol. The first-order valence-electron chi connectivity index (χ1n) is 4.86. The molecule has 1 aromatic carbocycles. The average Bonchev–Trinajstić information content (AvgIpc) is 2.30. The molecule has 1 aromatic rings. The smallest absolute Gasteiger partial charge is 0.241 e. The maximum atomic E-state index is 11.6. The van der Waals surface area contributed by atoms with Crippen LogP contribution < -0.4 is 15.4 Å². The van der Waals surface area contributed by atoms with Gasteiger partial charge >= 0.3 is 0 Å². The van der Waals surface area contributed by atoms with Crippen molar-refractivity contribution in [1.82, 2.24) is 10.6 Å². The third-order valence-electron chi connectivity index (χ3n) is 2.31. The first-order chi connectivity index (χ1) is 7.63. The molecule has 1 unspecified atom stereocenters. The topological polar surface area (TPSA) is 50.4 Å². The summed E-state index contributed by atoms with van der Waals surface area (Å²) in [7, 11) is 4.97. The van der Waals surface area contributed by atoms with Gasteiger partial charge in [0.1, 0.15) is 11.8 Å². The third kappa shape index (κ3) is 2.74. The quantitative estimate of drug-likeness (QED) is 0.881. The van der Waals surface area contributed by atoms with Crippen LogP contribution in [0.1, 0.15) is 11.6 Å². The Labute approximate surface area is 103 Å². The van der Waals surface area contributed by atoms with Gasteiger partial charge in [-0.1, -0.05) is 6.07 Å². The first-order valence-corrected chi connectivity index (χ1v) is 5.65. The molecule has 88 valence electrons. The van der Waals surface area contributed by atoms with E-state index >= 15 is 0 Å². The number of nitrogens with one attached hydrogen (secondary N) is 2. The van der Waals surface area contributed by atoms with Gasteiger partial charge in [0.15, 0.2) is 0 Å². The third-order valence-corrected chi connectivity index (χ3v) is 2.93. The molecule has 5 heteroatoms. The summed E-state index contributed by atoms with van der Waals surface area (Å²) in [5, 5.41) is 5.57. The summed E-state index contributed by atoms with van der Waals surface area (Å²) in [5.74, 6) is 0.676. The second-order valence-corrected chi connectivity index (χ2v) is 4.08. The van der Waals surface area contributed by atoms with E-state index in [1.165, 1.54) is 0 Å². The fourth-order valence-electron chi connectivity index (χ4n) is 1.46. The fourth-order valence-corrected chi connectivity index (χ4v) is 2.01. The van der Waals surface area contributed by atoms with Crippen molar-refractivity contribution in [1.29, 1.82) is 0 Å². The Hall–Kier alpha value is -1.07. The van der Waals surface area contributed by atoms with Gasteiger partial charge in [-0.25, -0.2) is 0 Å². The lowest BCUT2D eigenvalue weighted by Crippen LogP contribution is -2.33. The second-order valence-electron chi connectivity index (χ2n) is 3.23. The highest BCUT2D eigenvalue weighted by Gasteiger charge is 2.17. The van der Waals surface area contributed by atoms with Gasteiger partial charge in [-0.3, -0.25) is 4.79 Å². The first kappa shape index (κ1) is 13.0. The molecule has 0 radical (unpaired) electrons. The molecule has 0 saturated heterocycles. The maximum Gasteiger partial charge on any atom is 0.241 e. The highest BCUT2D eigenvalue weighted by molar-refractivity contribution is 9.10. The summed E-state index contributed by atoms with van der Waals surface area (Å²) in [6, 6.07) is 5.20. The van der Waals surface area contributed by atoms with Crippen LogP contribution in [0.4, 0.5) is 0 Å². The summed E-state index contributed by atoms with van der Waals surface area (Å²) in [6.45, 7) is 0. The Kier molecular flexibility index (Phi) is 4.76. The van der Waals surface area contributed by atoms with Crippen molar-refractivity contribution in [2.45, 2.75) is 6.04 Å². The maximum absolute atomic E-state index is 11.6. The molecule has 0 fully saturated rings. The molecule has 0 aliphatic rings. The molecule has 2 N–H and O–H groups in total. The molecule has 0 aliphatic carbocycles. The van der Waals surface area contributed by atoms with Crippen LogP contribution in [0.5, 0.6) is 5.75 Å². The molecular formula is C11H15BrN2O2. The van der Waals surface area contributed by atoms with Crippen LogP contribution in [0, 0.1) is 0 Å². The number of carbonyl (C=O) groups excluding carboxylic acids is 1. The van der Waals surface area contributed by atoms with E-state index in [1.54, 1.807) is 21.2 Å². The molecule has 0 bridgehead atoms. The minimum atomic E-state index is -0.354. The molecule has 0 aromatic heterocycles. The van der Waals surface area contributed by atoms with E-state index < -0.39 is 0 Å². The van der Waals surface area contributed by atoms with Gasteiger partial charge in [0.25, 0.3) is 0 Å². The van der Waals surface area contributed by atoms with Gasteiger partial charge in [0, 0.05) is 7.05 Å². The van der Waals surface area contributed by atoms with Crippen LogP contribution in [-0.4, -0.2) is 27.1 Å². The predicted octanol–water partition coefficient (Wildman–Crippen LogP) is 1.46. The minimum absolute atomic E-state index is 0.0698. The standard InChI is InChI=1S/C11H15BrN2O2/c1-13-10(11(15)14-2)7-4-5-9(16-3)8(12)6-7/h4-6,10,13H,1-3H3,(H,14,15). The van der Waals surface area contributed by atoms with E-state index in [9.17, 15) is 4.79 Å². The van der Waals surface area contributed by atoms with Crippen molar-refractivity contribution < 1.29 is 9.53 Å². The molecule has 16 heavy (non-hydrogen) atoms. The second kappa shape index (κ2) is 5.86. The van der Waals surface area contributed by atoms with Crippen LogP contribution in [0.15, 0.2) is 22.7 Å². The van der Waals surface area contributed by atoms with Crippen LogP contribution in [0.25, 0.3) is 0 Å². The van der Waals surface area contributed by atoms with Gasteiger partial charge in [-0.2, -0.15) is 0 Å². The number of benzene rings is 1. The van der Waals surface area contributed by atoms with E-state index in [1.807, 2.05) is 18.2 Å². The number of hydrogen-bond donors (Lipinski definition) is 2. The summed E-state index contributed by atoms with van der Waals surface area (Å²) in [6.07, 6.45) is 0. The van der Waals surface area contributed by atoms with Crippen LogP contribution in [0.2, 0.25) is 0 Å². The zero-order chi connectivity index (χ0) is 12.1. The molecule has 1 amide bonds. The van der Waals surface area contributed by atoms with Crippen molar-refractivity contribution in [2.75, 3.05) is 21.2 Å². The van der Waals surface area contributed by atoms with Crippen molar-refractivity contribution in [3.05, 3.63) is 28.2 Å². The van der Waals surface area contributed by atoms with Gasteiger partial charge in [-0.05, 0) is 40.7 Å². The number of ether oxygens (including phenoxy) is 1. The predicted molar refractivity (Wildman–Crippen MR) is 66.6 cm³/mol. The normalized spacial score (nSPS) is 12.0. The number of likely N-dealkylation sites (N-methyl/N-ethyl adjacent to an activating group) is 2. The summed E-state index contributed by atoms with van der Waals surface area (Å²) in [4.78, 5) is 11.6. The number of amides is 1. The average molecular weight is 287 g/mol. The lowest BCUT2D eigenvalue weighted by Gasteiger charge is -2.16. The zero-order valence-electron chi connectivity index (χ0n) is 9.50. The number of rotatable bonds is 4. The van der Waals surface area contributed by atoms with Crippen molar-refractivity contribution >= 4 is 21.8 Å². The summed E-state index contributed by atoms with van der Waals surface area (Å²) >= 11 is 3.39. The number of carbonyl (C=O) groups is 1. The Morgan fingerprint density at radius 3 is 2.56 bits per heavy atom. The van der Waals surface area contributed by atoms with Crippen molar-refractivity contribution in [2.24, 2.45) is 0 Å². The van der Waals surface area contributed by atoms with E-state index in [0.29, 0.717) is 0 Å². The Morgan fingerprint density at radius 1 is 1.44 bits per heavy atom. The van der Waals surface area contributed by atoms with Gasteiger partial charge in [-0.15, -0.1) is 0 Å². The highest BCUT2D eigenvalue weighted by Crippen LogP contribution is 2.27. The van der Waals surface area contributed by atoms with Gasteiger partial charge < -0.3 is 15.4 Å². The zero-order valence-corrected chi connectivity index (χ0v) is 11.1. The molecule has 4 nitrogen and oxygen atoms in total. The summed E-state index contributed by atoms with van der Waals surface area (Å²) < 4.78 is 5.96. The van der Waals surface area contributed by atoms with Crippen molar-refractivity contribution in [3.63, 3.8) is 0 Å². The lowest BCUT2D eigenvalue weighted by atomic mass is 10.1. The number of methoxy groups -OCH3 is 1. The summed E-state index contributed by atoms with van der Waals surface area (Å²) in [5.41, 5.74) is 0.884. The van der Waals surface area contributed by atoms with Gasteiger partial charge in [0.2, 0.25) is 5.91 Å². The van der Waals surface area contributed by atoms with Crippen LogP contribution in [0.3, 0.4) is 0 Å². The van der Waals surface area contributed by atoms with E-state index in [0.717, 1.165) is 15.8 Å². The molecule has 1 atom stereocenters. The molecule has 0 spiro atoms. The molecule has 0 saturated carbocycles. The Balaban J connectivity index is 3.03. The van der Waals surface area contributed by atoms with E-state index in [2.05, 4.69) is 26.6 Å². The highest BCUT2D eigenvalue weighted by atomic mass is 79.9. The Bertz CT molecular complexity index is 382. The van der Waals surface area contributed by atoms with Crippen LogP contribution in [-0.2, 0) is 4.79 Å². The number of halogens is 1. The van der Waals surface area contributed by atoms with Crippen molar-refractivity contribution in [3.8, 4) is 5.75 Å². The largest absolute Gasteiger partial charge is 0.496 e. The number of hydrogen-bond acceptors (Lipinski definition) is 3. The minimum Gasteiger partial charge on any atom is -0.496 e. The molecule has 1 rings (SSSR count). The Morgan fingerprint density at radius 2 is 2.12 bits per heavy atom. The lowest BCUT2D eigenvalue weighted by molar-refractivity contribution is -0.122. The van der Waals surface area contributed by atoms with Gasteiger partial charge in [0.05, 0.1) is 11.6 Å². The molecule has 0 aliphatic heterocycles. The van der Waals surface area contributed by atoms with E-state index in [-0.39, 0.29) is 11.9 Å². The molecule has 0 heterocycles. The SMILES string of the molecule is CNC(=O)C(NC)c1ccc(OC)c(Br)c1. The van der Waals surface area contributed by atoms with E-state index in [4.69, 9.17) is 4.74 Å².